The SMILES string of the molecule is C[C@@](CN)(c1ccccc1Cl)N1CCOCC1. The van der Waals surface area contributed by atoms with Crippen molar-refractivity contribution >= 4 is 11.6 Å². The van der Waals surface area contributed by atoms with Crippen LogP contribution in [0.5, 0.6) is 0 Å². The number of hydrogen-bond acceptors (Lipinski definition) is 3. The van der Waals surface area contributed by atoms with Gasteiger partial charge in [-0.15, -0.1) is 0 Å². The van der Waals surface area contributed by atoms with Crippen molar-refractivity contribution in [2.24, 2.45) is 5.73 Å². The fourth-order valence-electron chi connectivity index (χ4n) is 2.36. The summed E-state index contributed by atoms with van der Waals surface area (Å²) in [6.45, 7) is 6.04. The molecule has 0 radical (unpaired) electrons. The maximum absolute atomic E-state index is 6.29. The minimum atomic E-state index is -0.206. The quantitative estimate of drug-likeness (QED) is 0.895. The lowest BCUT2D eigenvalue weighted by Crippen LogP contribution is -2.53. The maximum atomic E-state index is 6.29. The van der Waals surface area contributed by atoms with Crippen LogP contribution in [0.1, 0.15) is 12.5 Å². The minimum Gasteiger partial charge on any atom is -0.379 e. The van der Waals surface area contributed by atoms with E-state index in [0.29, 0.717) is 6.54 Å². The Morgan fingerprint density at radius 1 is 1.35 bits per heavy atom. The fraction of sp³-hybridized carbons (Fsp3) is 0.538. The first-order valence-corrected chi connectivity index (χ1v) is 6.34. The number of hydrogen-bond donors (Lipinski definition) is 1. The number of nitrogens with two attached hydrogens (primary N) is 1. The summed E-state index contributed by atoms with van der Waals surface area (Å²) in [5.41, 5.74) is 6.89. The molecule has 0 spiro atoms. The molecule has 0 aliphatic carbocycles. The van der Waals surface area contributed by atoms with Crippen LogP contribution in [0, 0.1) is 0 Å². The van der Waals surface area contributed by atoms with E-state index < -0.39 is 0 Å². The van der Waals surface area contributed by atoms with Crippen LogP contribution in [-0.4, -0.2) is 37.7 Å². The van der Waals surface area contributed by atoms with Crippen molar-refractivity contribution in [2.75, 3.05) is 32.8 Å². The Morgan fingerprint density at radius 3 is 2.59 bits per heavy atom. The van der Waals surface area contributed by atoms with Crippen molar-refractivity contribution in [2.45, 2.75) is 12.5 Å². The molecule has 1 heterocycles. The number of morpholine rings is 1. The van der Waals surface area contributed by atoms with Gasteiger partial charge >= 0.3 is 0 Å². The van der Waals surface area contributed by atoms with Crippen molar-refractivity contribution in [3.05, 3.63) is 34.9 Å². The number of benzene rings is 1. The summed E-state index contributed by atoms with van der Waals surface area (Å²) in [6.07, 6.45) is 0. The van der Waals surface area contributed by atoms with Gasteiger partial charge in [-0.05, 0) is 18.6 Å². The van der Waals surface area contributed by atoms with Gasteiger partial charge in [-0.3, -0.25) is 4.90 Å². The van der Waals surface area contributed by atoms with Gasteiger partial charge in [0.1, 0.15) is 0 Å². The maximum Gasteiger partial charge on any atom is 0.0594 e. The second-order valence-electron chi connectivity index (χ2n) is 4.56. The molecule has 1 fully saturated rings. The predicted molar refractivity (Wildman–Crippen MR) is 70.3 cm³/mol. The van der Waals surface area contributed by atoms with Crippen LogP contribution in [0.4, 0.5) is 0 Å². The van der Waals surface area contributed by atoms with Crippen molar-refractivity contribution in [1.29, 1.82) is 0 Å². The van der Waals surface area contributed by atoms with E-state index in [4.69, 9.17) is 22.1 Å². The third-order valence-corrected chi connectivity index (χ3v) is 3.89. The summed E-state index contributed by atoms with van der Waals surface area (Å²) in [5.74, 6) is 0. The van der Waals surface area contributed by atoms with Gasteiger partial charge in [0.25, 0.3) is 0 Å². The van der Waals surface area contributed by atoms with Crippen LogP contribution in [-0.2, 0) is 10.3 Å². The van der Waals surface area contributed by atoms with Crippen LogP contribution >= 0.6 is 11.6 Å². The fourth-order valence-corrected chi connectivity index (χ4v) is 2.70. The Morgan fingerprint density at radius 2 is 2.00 bits per heavy atom. The second-order valence-corrected chi connectivity index (χ2v) is 4.96. The Bertz CT molecular complexity index is 379. The number of halogens is 1. The first-order chi connectivity index (χ1) is 8.18. The van der Waals surface area contributed by atoms with Crippen LogP contribution < -0.4 is 5.73 Å². The van der Waals surface area contributed by atoms with E-state index in [1.807, 2.05) is 18.2 Å². The Labute approximate surface area is 107 Å². The summed E-state index contributed by atoms with van der Waals surface area (Å²) in [4.78, 5) is 2.36. The molecule has 1 aliphatic rings. The van der Waals surface area contributed by atoms with E-state index in [1.165, 1.54) is 0 Å². The smallest absolute Gasteiger partial charge is 0.0594 e. The van der Waals surface area contributed by atoms with Crippen LogP contribution in [0.25, 0.3) is 0 Å². The highest BCUT2D eigenvalue weighted by Crippen LogP contribution is 2.32. The summed E-state index contributed by atoms with van der Waals surface area (Å²) in [6, 6.07) is 7.94. The van der Waals surface area contributed by atoms with Gasteiger partial charge in [0.05, 0.1) is 18.8 Å². The van der Waals surface area contributed by atoms with Crippen molar-refractivity contribution < 1.29 is 4.74 Å². The summed E-state index contributed by atoms with van der Waals surface area (Å²) in [5, 5.41) is 0.784. The molecule has 0 unspecified atom stereocenters. The van der Waals surface area contributed by atoms with Crippen LogP contribution in [0.2, 0.25) is 5.02 Å². The monoisotopic (exact) mass is 254 g/mol. The van der Waals surface area contributed by atoms with Crippen molar-refractivity contribution in [3.8, 4) is 0 Å². The van der Waals surface area contributed by atoms with E-state index in [0.717, 1.165) is 36.9 Å². The Kier molecular flexibility index (Phi) is 4.05. The average Bonchev–Trinajstić information content (AvgIpc) is 2.39. The zero-order chi connectivity index (χ0) is 12.3. The van der Waals surface area contributed by atoms with E-state index in [1.54, 1.807) is 0 Å². The largest absolute Gasteiger partial charge is 0.379 e. The third-order valence-electron chi connectivity index (χ3n) is 3.56. The Balaban J connectivity index is 2.32. The normalized spacial score (nSPS) is 21.1. The molecule has 94 valence electrons. The van der Waals surface area contributed by atoms with E-state index in [2.05, 4.69) is 17.9 Å². The van der Waals surface area contributed by atoms with Gasteiger partial charge in [-0.25, -0.2) is 0 Å². The Hall–Kier alpha value is -0.610. The standard InChI is InChI=1S/C13H19ClN2O/c1-13(10-15,16-6-8-17-9-7-16)11-4-2-3-5-12(11)14/h2-5H,6-10,15H2,1H3/t13-/m1/s1. The number of nitrogens with zero attached hydrogens (tertiary/aromatic N) is 1. The summed E-state index contributed by atoms with van der Waals surface area (Å²) >= 11 is 6.29. The van der Waals surface area contributed by atoms with E-state index in [-0.39, 0.29) is 5.54 Å². The summed E-state index contributed by atoms with van der Waals surface area (Å²) < 4.78 is 5.39. The topological polar surface area (TPSA) is 38.5 Å². The summed E-state index contributed by atoms with van der Waals surface area (Å²) in [7, 11) is 0. The minimum absolute atomic E-state index is 0.206. The molecule has 0 bridgehead atoms. The molecule has 1 aromatic rings. The zero-order valence-corrected chi connectivity index (χ0v) is 10.9. The molecule has 2 rings (SSSR count). The van der Waals surface area contributed by atoms with Crippen molar-refractivity contribution in [3.63, 3.8) is 0 Å². The molecule has 0 aromatic heterocycles. The molecule has 3 nitrogen and oxygen atoms in total. The van der Waals surface area contributed by atoms with E-state index >= 15 is 0 Å². The first-order valence-electron chi connectivity index (χ1n) is 5.96. The second kappa shape index (κ2) is 5.36. The highest BCUT2D eigenvalue weighted by Gasteiger charge is 2.34. The molecule has 2 N–H and O–H groups in total. The molecule has 0 saturated carbocycles. The average molecular weight is 255 g/mol. The van der Waals surface area contributed by atoms with Crippen LogP contribution in [0.3, 0.4) is 0 Å². The van der Waals surface area contributed by atoms with Gasteiger partial charge in [-0.2, -0.15) is 0 Å². The molecule has 1 aliphatic heterocycles. The first kappa shape index (κ1) is 12.8. The molecule has 1 saturated heterocycles. The lowest BCUT2D eigenvalue weighted by molar-refractivity contribution is -0.0152. The predicted octanol–water partition coefficient (Wildman–Crippen LogP) is 1.85. The van der Waals surface area contributed by atoms with Gasteiger partial charge < -0.3 is 10.5 Å². The van der Waals surface area contributed by atoms with Gasteiger partial charge in [-0.1, -0.05) is 29.8 Å². The van der Waals surface area contributed by atoms with E-state index in [9.17, 15) is 0 Å². The molecular formula is C13H19ClN2O. The zero-order valence-electron chi connectivity index (χ0n) is 10.2. The molecule has 4 heteroatoms. The lowest BCUT2D eigenvalue weighted by Gasteiger charge is -2.43. The molecule has 1 aromatic carbocycles. The molecule has 1 atom stereocenters. The van der Waals surface area contributed by atoms with Crippen molar-refractivity contribution in [1.82, 2.24) is 4.90 Å². The molecule has 0 amide bonds. The number of rotatable bonds is 3. The van der Waals surface area contributed by atoms with Gasteiger partial charge in [0, 0.05) is 24.7 Å². The lowest BCUT2D eigenvalue weighted by atomic mass is 9.89. The van der Waals surface area contributed by atoms with Gasteiger partial charge in [0.2, 0.25) is 0 Å². The highest BCUT2D eigenvalue weighted by atomic mass is 35.5. The van der Waals surface area contributed by atoms with Gasteiger partial charge in [0.15, 0.2) is 0 Å². The van der Waals surface area contributed by atoms with Crippen LogP contribution in [0.15, 0.2) is 24.3 Å². The molecular weight excluding hydrogens is 236 g/mol. The third kappa shape index (κ3) is 2.47. The highest BCUT2D eigenvalue weighted by molar-refractivity contribution is 6.31. The number of ether oxygens (including phenoxy) is 1. The molecule has 17 heavy (non-hydrogen) atoms.